The van der Waals surface area contributed by atoms with Crippen LogP contribution in [0.2, 0.25) is 0 Å². The van der Waals surface area contributed by atoms with E-state index in [4.69, 9.17) is 0 Å². The van der Waals surface area contributed by atoms with Gasteiger partial charge in [0, 0.05) is 12.6 Å². The molecule has 0 aromatic rings. The average molecular weight is 211 g/mol. The van der Waals surface area contributed by atoms with E-state index in [-0.39, 0.29) is 0 Å². The zero-order valence-corrected chi connectivity index (χ0v) is 10.2. The topological polar surface area (TPSA) is 18.5 Å². The van der Waals surface area contributed by atoms with E-state index in [0.29, 0.717) is 0 Å². The van der Waals surface area contributed by atoms with Crippen LogP contribution < -0.4 is 5.32 Å². The van der Waals surface area contributed by atoms with Crippen molar-refractivity contribution in [2.24, 2.45) is 5.92 Å². The molecule has 88 valence electrons. The van der Waals surface area contributed by atoms with Crippen molar-refractivity contribution in [3.63, 3.8) is 0 Å². The van der Waals surface area contributed by atoms with Gasteiger partial charge in [-0.2, -0.15) is 0 Å². The highest BCUT2D eigenvalue weighted by molar-refractivity contribution is 4.81. The van der Waals surface area contributed by atoms with Crippen molar-refractivity contribution in [2.45, 2.75) is 25.3 Å². The summed E-state index contributed by atoms with van der Waals surface area (Å²) >= 11 is 0. The molecule has 2 unspecified atom stereocenters. The van der Waals surface area contributed by atoms with E-state index in [2.05, 4.69) is 29.2 Å². The zero-order valence-electron chi connectivity index (χ0n) is 10.2. The van der Waals surface area contributed by atoms with Gasteiger partial charge in [0.15, 0.2) is 0 Å². The number of likely N-dealkylation sites (N-methyl/N-ethyl adjacent to an activating group) is 1. The summed E-state index contributed by atoms with van der Waals surface area (Å²) < 4.78 is 0. The van der Waals surface area contributed by atoms with Crippen molar-refractivity contribution < 1.29 is 0 Å². The van der Waals surface area contributed by atoms with Crippen LogP contribution in [0.5, 0.6) is 0 Å². The second kappa shape index (κ2) is 5.28. The zero-order chi connectivity index (χ0) is 10.7. The summed E-state index contributed by atoms with van der Waals surface area (Å²) in [6, 6.07) is 0.798. The van der Waals surface area contributed by atoms with Crippen LogP contribution >= 0.6 is 0 Å². The maximum Gasteiger partial charge on any atom is 0.0229 e. The van der Waals surface area contributed by atoms with Crippen LogP contribution in [0.3, 0.4) is 0 Å². The molecule has 2 rings (SSSR count). The molecular formula is C12H25N3. The predicted octanol–water partition coefficient (Wildman–Crippen LogP) is 0.622. The molecule has 2 aliphatic rings. The highest BCUT2D eigenvalue weighted by Crippen LogP contribution is 2.17. The summed E-state index contributed by atoms with van der Waals surface area (Å²) in [7, 11) is 4.41. The predicted molar refractivity (Wildman–Crippen MR) is 64.1 cm³/mol. The van der Waals surface area contributed by atoms with Crippen molar-refractivity contribution in [3.05, 3.63) is 0 Å². The Morgan fingerprint density at radius 1 is 1.33 bits per heavy atom. The second-order valence-electron chi connectivity index (χ2n) is 5.35. The van der Waals surface area contributed by atoms with Gasteiger partial charge in [0.2, 0.25) is 0 Å². The molecule has 2 fully saturated rings. The van der Waals surface area contributed by atoms with Crippen LogP contribution in [0.1, 0.15) is 19.3 Å². The number of likely N-dealkylation sites (tertiary alicyclic amines) is 1. The maximum absolute atomic E-state index is 3.45. The largest absolute Gasteiger partial charge is 0.316 e. The van der Waals surface area contributed by atoms with Crippen LogP contribution in [0, 0.1) is 5.92 Å². The molecule has 15 heavy (non-hydrogen) atoms. The molecule has 0 amide bonds. The van der Waals surface area contributed by atoms with Gasteiger partial charge in [-0.25, -0.2) is 0 Å². The van der Waals surface area contributed by atoms with Crippen LogP contribution in [0.4, 0.5) is 0 Å². The fourth-order valence-electron chi connectivity index (χ4n) is 2.76. The number of nitrogens with one attached hydrogen (secondary N) is 1. The molecule has 1 N–H and O–H groups in total. The SMILES string of the molecule is CN(C)C1CCN(CCC2CCNC2)C1. The van der Waals surface area contributed by atoms with Gasteiger partial charge in [-0.1, -0.05) is 0 Å². The van der Waals surface area contributed by atoms with E-state index >= 15 is 0 Å². The summed E-state index contributed by atoms with van der Waals surface area (Å²) in [5.41, 5.74) is 0. The van der Waals surface area contributed by atoms with Gasteiger partial charge < -0.3 is 15.1 Å². The van der Waals surface area contributed by atoms with E-state index in [1.165, 1.54) is 52.0 Å². The third kappa shape index (κ3) is 3.16. The van der Waals surface area contributed by atoms with Gasteiger partial charge in [-0.05, 0) is 65.5 Å². The monoisotopic (exact) mass is 211 g/mol. The van der Waals surface area contributed by atoms with E-state index in [9.17, 15) is 0 Å². The Hall–Kier alpha value is -0.120. The van der Waals surface area contributed by atoms with Gasteiger partial charge >= 0.3 is 0 Å². The smallest absolute Gasteiger partial charge is 0.0229 e. The van der Waals surface area contributed by atoms with Gasteiger partial charge in [0.1, 0.15) is 0 Å². The average Bonchev–Trinajstić information content (AvgIpc) is 2.86. The van der Waals surface area contributed by atoms with Crippen molar-refractivity contribution in [3.8, 4) is 0 Å². The molecule has 0 aromatic heterocycles. The van der Waals surface area contributed by atoms with Gasteiger partial charge in [0.25, 0.3) is 0 Å². The van der Waals surface area contributed by atoms with Crippen LogP contribution in [-0.4, -0.2) is 62.7 Å². The Morgan fingerprint density at radius 2 is 2.20 bits per heavy atom. The number of rotatable bonds is 4. The summed E-state index contributed by atoms with van der Waals surface area (Å²) in [6.45, 7) is 6.41. The van der Waals surface area contributed by atoms with Crippen molar-refractivity contribution >= 4 is 0 Å². The molecule has 0 radical (unpaired) electrons. The van der Waals surface area contributed by atoms with Gasteiger partial charge in [0.05, 0.1) is 0 Å². The van der Waals surface area contributed by atoms with Crippen molar-refractivity contribution in [1.29, 1.82) is 0 Å². The minimum atomic E-state index is 0.798. The minimum Gasteiger partial charge on any atom is -0.316 e. The molecule has 2 heterocycles. The van der Waals surface area contributed by atoms with Crippen molar-refractivity contribution in [2.75, 3.05) is 46.8 Å². The lowest BCUT2D eigenvalue weighted by atomic mass is 10.1. The fourth-order valence-corrected chi connectivity index (χ4v) is 2.76. The highest BCUT2D eigenvalue weighted by atomic mass is 15.2. The summed E-state index contributed by atoms with van der Waals surface area (Å²) in [5.74, 6) is 0.948. The lowest BCUT2D eigenvalue weighted by Crippen LogP contribution is -2.32. The third-order valence-corrected chi connectivity index (χ3v) is 3.99. The van der Waals surface area contributed by atoms with E-state index < -0.39 is 0 Å². The molecule has 0 aromatic carbocycles. The van der Waals surface area contributed by atoms with E-state index in [0.717, 1.165) is 12.0 Å². The number of nitrogens with zero attached hydrogens (tertiary/aromatic N) is 2. The molecule has 2 saturated heterocycles. The molecule has 0 spiro atoms. The Morgan fingerprint density at radius 3 is 2.80 bits per heavy atom. The van der Waals surface area contributed by atoms with Gasteiger partial charge in [-0.3, -0.25) is 0 Å². The Balaban J connectivity index is 1.64. The number of hydrogen-bond donors (Lipinski definition) is 1. The normalized spacial score (nSPS) is 33.0. The molecule has 3 nitrogen and oxygen atoms in total. The maximum atomic E-state index is 3.45. The van der Waals surface area contributed by atoms with Crippen LogP contribution in [0.25, 0.3) is 0 Å². The van der Waals surface area contributed by atoms with Crippen molar-refractivity contribution in [1.82, 2.24) is 15.1 Å². The minimum absolute atomic E-state index is 0.798. The summed E-state index contributed by atoms with van der Waals surface area (Å²) in [4.78, 5) is 5.01. The Bertz CT molecular complexity index is 187. The molecular weight excluding hydrogens is 186 g/mol. The first kappa shape index (κ1) is 11.4. The third-order valence-electron chi connectivity index (χ3n) is 3.99. The molecule has 0 saturated carbocycles. The van der Waals surface area contributed by atoms with E-state index in [1.807, 2.05) is 0 Å². The lowest BCUT2D eigenvalue weighted by Gasteiger charge is -2.21. The van der Waals surface area contributed by atoms with Crippen LogP contribution in [0.15, 0.2) is 0 Å². The fraction of sp³-hybridized carbons (Fsp3) is 1.00. The lowest BCUT2D eigenvalue weighted by molar-refractivity contribution is 0.258. The molecule has 2 atom stereocenters. The molecule has 0 aliphatic carbocycles. The first-order chi connectivity index (χ1) is 7.25. The Labute approximate surface area is 93.8 Å². The number of hydrogen-bond acceptors (Lipinski definition) is 3. The standard InChI is InChI=1S/C12H25N3/c1-14(2)12-5-8-15(10-12)7-4-11-3-6-13-9-11/h11-13H,3-10H2,1-2H3. The highest BCUT2D eigenvalue weighted by Gasteiger charge is 2.24. The Kier molecular flexibility index (Phi) is 4.00. The van der Waals surface area contributed by atoms with Crippen LogP contribution in [-0.2, 0) is 0 Å². The summed E-state index contributed by atoms with van der Waals surface area (Å²) in [6.07, 6.45) is 4.15. The quantitative estimate of drug-likeness (QED) is 0.735. The molecule has 0 bridgehead atoms. The molecule has 2 aliphatic heterocycles. The second-order valence-corrected chi connectivity index (χ2v) is 5.35. The van der Waals surface area contributed by atoms with E-state index in [1.54, 1.807) is 0 Å². The van der Waals surface area contributed by atoms with Gasteiger partial charge in [-0.15, -0.1) is 0 Å². The summed E-state index contributed by atoms with van der Waals surface area (Å²) in [5, 5.41) is 3.45. The first-order valence-electron chi connectivity index (χ1n) is 6.35. The molecule has 3 heteroatoms. The first-order valence-corrected chi connectivity index (χ1v) is 6.35.